The SMILES string of the molecule is CCCC1NCCn2c(-c3cc(C)c(F)cc3F)nnc21. The van der Waals surface area contributed by atoms with Gasteiger partial charge in [0.1, 0.15) is 11.6 Å². The second-order valence-corrected chi connectivity index (χ2v) is 5.41. The predicted molar refractivity (Wildman–Crippen MR) is 75.8 cm³/mol. The van der Waals surface area contributed by atoms with Crippen molar-refractivity contribution in [2.45, 2.75) is 39.3 Å². The maximum atomic E-state index is 14.1. The van der Waals surface area contributed by atoms with Gasteiger partial charge in [-0.25, -0.2) is 8.78 Å². The third kappa shape index (κ3) is 2.44. The van der Waals surface area contributed by atoms with Gasteiger partial charge in [-0.15, -0.1) is 10.2 Å². The topological polar surface area (TPSA) is 42.7 Å². The molecule has 3 rings (SSSR count). The summed E-state index contributed by atoms with van der Waals surface area (Å²) in [5.41, 5.74) is 0.715. The number of aromatic nitrogens is 3. The molecule has 2 heterocycles. The molecule has 0 fully saturated rings. The van der Waals surface area contributed by atoms with Crippen LogP contribution in [0.25, 0.3) is 11.4 Å². The van der Waals surface area contributed by atoms with Crippen LogP contribution < -0.4 is 5.32 Å². The predicted octanol–water partition coefficient (Wildman–Crippen LogP) is 2.98. The van der Waals surface area contributed by atoms with Crippen molar-refractivity contribution in [3.63, 3.8) is 0 Å². The van der Waals surface area contributed by atoms with Gasteiger partial charge in [0.2, 0.25) is 0 Å². The van der Waals surface area contributed by atoms with Crippen molar-refractivity contribution < 1.29 is 8.78 Å². The van der Waals surface area contributed by atoms with Crippen molar-refractivity contribution in [3.05, 3.63) is 35.2 Å². The Bertz CT molecular complexity index is 666. The molecule has 1 aromatic heterocycles. The molecule has 1 unspecified atom stereocenters. The molecule has 0 radical (unpaired) electrons. The highest BCUT2D eigenvalue weighted by atomic mass is 19.1. The molecule has 0 bridgehead atoms. The number of hydrogen-bond acceptors (Lipinski definition) is 3. The lowest BCUT2D eigenvalue weighted by Gasteiger charge is -2.24. The minimum absolute atomic E-state index is 0.148. The zero-order chi connectivity index (χ0) is 15.0. The molecule has 1 aliphatic heterocycles. The number of aryl methyl sites for hydroxylation is 1. The van der Waals surface area contributed by atoms with E-state index in [1.807, 2.05) is 4.57 Å². The first-order valence-electron chi connectivity index (χ1n) is 7.24. The summed E-state index contributed by atoms with van der Waals surface area (Å²) in [6.07, 6.45) is 1.99. The summed E-state index contributed by atoms with van der Waals surface area (Å²) < 4.78 is 29.4. The smallest absolute Gasteiger partial charge is 0.167 e. The Balaban J connectivity index is 2.07. The van der Waals surface area contributed by atoms with Gasteiger partial charge < -0.3 is 9.88 Å². The summed E-state index contributed by atoms with van der Waals surface area (Å²) >= 11 is 0. The third-order valence-corrected chi connectivity index (χ3v) is 3.88. The van der Waals surface area contributed by atoms with Gasteiger partial charge in [-0.2, -0.15) is 0 Å². The molecule has 0 aliphatic carbocycles. The molecule has 1 N–H and O–H groups in total. The second-order valence-electron chi connectivity index (χ2n) is 5.41. The zero-order valence-electron chi connectivity index (χ0n) is 12.2. The Hall–Kier alpha value is -1.82. The number of nitrogens with one attached hydrogen (secondary N) is 1. The lowest BCUT2D eigenvalue weighted by molar-refractivity contribution is 0.394. The highest BCUT2D eigenvalue weighted by Gasteiger charge is 2.26. The monoisotopic (exact) mass is 292 g/mol. The van der Waals surface area contributed by atoms with Crippen LogP contribution in [0.15, 0.2) is 12.1 Å². The van der Waals surface area contributed by atoms with E-state index in [1.165, 1.54) is 6.07 Å². The van der Waals surface area contributed by atoms with Gasteiger partial charge in [-0.1, -0.05) is 13.3 Å². The summed E-state index contributed by atoms with van der Waals surface area (Å²) in [4.78, 5) is 0. The highest BCUT2D eigenvalue weighted by Crippen LogP contribution is 2.28. The number of fused-ring (bicyclic) bond motifs is 1. The van der Waals surface area contributed by atoms with Crippen molar-refractivity contribution in [3.8, 4) is 11.4 Å². The summed E-state index contributed by atoms with van der Waals surface area (Å²) in [7, 11) is 0. The van der Waals surface area contributed by atoms with Crippen molar-refractivity contribution in [2.24, 2.45) is 0 Å². The number of halogens is 2. The molecule has 0 amide bonds. The van der Waals surface area contributed by atoms with Crippen LogP contribution in [-0.4, -0.2) is 21.3 Å². The molecule has 0 spiro atoms. The normalized spacial score (nSPS) is 17.8. The van der Waals surface area contributed by atoms with Gasteiger partial charge in [-0.05, 0) is 25.0 Å². The maximum Gasteiger partial charge on any atom is 0.167 e. The van der Waals surface area contributed by atoms with Crippen LogP contribution in [0, 0.1) is 18.6 Å². The summed E-state index contributed by atoms with van der Waals surface area (Å²) in [5, 5.41) is 11.8. The van der Waals surface area contributed by atoms with Crippen LogP contribution >= 0.6 is 0 Å². The van der Waals surface area contributed by atoms with Crippen molar-refractivity contribution >= 4 is 0 Å². The Labute approximate surface area is 122 Å². The van der Waals surface area contributed by atoms with E-state index in [0.717, 1.165) is 31.3 Å². The van der Waals surface area contributed by atoms with Crippen LogP contribution in [0.3, 0.4) is 0 Å². The van der Waals surface area contributed by atoms with E-state index >= 15 is 0 Å². The first-order chi connectivity index (χ1) is 10.1. The van der Waals surface area contributed by atoms with E-state index in [0.29, 0.717) is 23.5 Å². The fraction of sp³-hybridized carbons (Fsp3) is 0.467. The van der Waals surface area contributed by atoms with Crippen LogP contribution in [-0.2, 0) is 6.54 Å². The van der Waals surface area contributed by atoms with Gasteiger partial charge in [-0.3, -0.25) is 0 Å². The van der Waals surface area contributed by atoms with Crippen LogP contribution in [0.2, 0.25) is 0 Å². The Morgan fingerprint density at radius 3 is 2.86 bits per heavy atom. The van der Waals surface area contributed by atoms with Crippen LogP contribution in [0.4, 0.5) is 8.78 Å². The molecule has 0 saturated carbocycles. The largest absolute Gasteiger partial charge is 0.308 e. The van der Waals surface area contributed by atoms with Crippen LogP contribution in [0.1, 0.15) is 37.2 Å². The minimum Gasteiger partial charge on any atom is -0.308 e. The standard InChI is InChI=1S/C15H18F2N4/c1-3-4-13-15-20-19-14(21(15)6-5-18-13)10-7-9(2)11(16)8-12(10)17/h7-8,13,18H,3-6H2,1-2H3. The van der Waals surface area contributed by atoms with Crippen molar-refractivity contribution in [1.82, 2.24) is 20.1 Å². The Kier molecular flexibility index (Phi) is 3.71. The molecule has 0 saturated heterocycles. The Morgan fingerprint density at radius 1 is 1.29 bits per heavy atom. The minimum atomic E-state index is -0.598. The lowest BCUT2D eigenvalue weighted by Crippen LogP contribution is -2.33. The van der Waals surface area contributed by atoms with E-state index in [2.05, 4.69) is 22.4 Å². The maximum absolute atomic E-state index is 14.1. The van der Waals surface area contributed by atoms with Gasteiger partial charge in [0, 0.05) is 19.2 Å². The number of benzene rings is 1. The van der Waals surface area contributed by atoms with Gasteiger partial charge in [0.15, 0.2) is 11.6 Å². The number of nitrogens with zero attached hydrogens (tertiary/aromatic N) is 3. The van der Waals surface area contributed by atoms with Crippen molar-refractivity contribution in [2.75, 3.05) is 6.54 Å². The van der Waals surface area contributed by atoms with E-state index in [1.54, 1.807) is 6.92 Å². The molecular weight excluding hydrogens is 274 g/mol. The number of rotatable bonds is 3. The molecule has 112 valence electrons. The fourth-order valence-corrected chi connectivity index (χ4v) is 2.78. The third-order valence-electron chi connectivity index (χ3n) is 3.88. The molecule has 2 aromatic rings. The van der Waals surface area contributed by atoms with E-state index < -0.39 is 11.6 Å². The van der Waals surface area contributed by atoms with Gasteiger partial charge in [0.05, 0.1) is 11.6 Å². The zero-order valence-corrected chi connectivity index (χ0v) is 12.2. The fourth-order valence-electron chi connectivity index (χ4n) is 2.78. The van der Waals surface area contributed by atoms with E-state index in [4.69, 9.17) is 0 Å². The van der Waals surface area contributed by atoms with Crippen LogP contribution in [0.5, 0.6) is 0 Å². The van der Waals surface area contributed by atoms with Crippen molar-refractivity contribution in [1.29, 1.82) is 0 Å². The number of hydrogen-bond donors (Lipinski definition) is 1. The van der Waals surface area contributed by atoms with E-state index in [-0.39, 0.29) is 6.04 Å². The lowest BCUT2D eigenvalue weighted by atomic mass is 10.1. The first-order valence-corrected chi connectivity index (χ1v) is 7.24. The first kappa shape index (κ1) is 14.1. The average molecular weight is 292 g/mol. The molecule has 21 heavy (non-hydrogen) atoms. The molecule has 1 aromatic carbocycles. The average Bonchev–Trinajstić information content (AvgIpc) is 2.88. The summed E-state index contributed by atoms with van der Waals surface area (Å²) in [6, 6.07) is 2.56. The summed E-state index contributed by atoms with van der Waals surface area (Å²) in [6.45, 7) is 5.21. The molecule has 1 aliphatic rings. The highest BCUT2D eigenvalue weighted by molar-refractivity contribution is 5.58. The second kappa shape index (κ2) is 5.52. The van der Waals surface area contributed by atoms with Gasteiger partial charge in [0.25, 0.3) is 0 Å². The Morgan fingerprint density at radius 2 is 2.10 bits per heavy atom. The molecule has 4 nitrogen and oxygen atoms in total. The quantitative estimate of drug-likeness (QED) is 0.945. The van der Waals surface area contributed by atoms with Gasteiger partial charge >= 0.3 is 0 Å². The van der Waals surface area contributed by atoms with E-state index in [9.17, 15) is 8.78 Å². The molecule has 6 heteroatoms. The molecular formula is C15H18F2N4. The molecule has 1 atom stereocenters. The summed E-state index contributed by atoms with van der Waals surface area (Å²) in [5.74, 6) is 0.173.